The number of esters is 1. The van der Waals surface area contributed by atoms with Crippen LogP contribution in [0.1, 0.15) is 54.4 Å². The van der Waals surface area contributed by atoms with Crippen LogP contribution < -0.4 is 5.32 Å². The van der Waals surface area contributed by atoms with Gasteiger partial charge < -0.3 is 24.4 Å². The van der Waals surface area contributed by atoms with E-state index in [1.165, 1.54) is 7.11 Å². The zero-order chi connectivity index (χ0) is 20.1. The highest BCUT2D eigenvalue weighted by molar-refractivity contribution is 5.75. The molecule has 0 aliphatic carbocycles. The molecule has 1 fully saturated rings. The van der Waals surface area contributed by atoms with Crippen molar-refractivity contribution in [3.05, 3.63) is 0 Å². The molecule has 1 N–H and O–H groups in total. The highest BCUT2D eigenvalue weighted by Crippen LogP contribution is 2.22. The van der Waals surface area contributed by atoms with E-state index in [-0.39, 0.29) is 0 Å². The van der Waals surface area contributed by atoms with Gasteiger partial charge in [0.05, 0.1) is 13.0 Å². The van der Waals surface area contributed by atoms with E-state index < -0.39 is 41.3 Å². The fourth-order valence-corrected chi connectivity index (χ4v) is 2.68. The Balaban J connectivity index is 2.83. The quantitative estimate of drug-likeness (QED) is 0.592. The van der Waals surface area contributed by atoms with E-state index in [9.17, 15) is 14.4 Å². The number of nitrogens with one attached hydrogen (secondary N) is 1. The lowest BCUT2D eigenvalue weighted by Gasteiger charge is -2.26. The average molecular weight is 372 g/mol. The molecule has 0 spiro atoms. The van der Waals surface area contributed by atoms with Crippen molar-refractivity contribution in [2.75, 3.05) is 20.2 Å². The Hall–Kier alpha value is -1.99. The molecule has 0 bridgehead atoms. The highest BCUT2D eigenvalue weighted by Gasteiger charge is 2.36. The van der Waals surface area contributed by atoms with Gasteiger partial charge in [0, 0.05) is 19.1 Å². The van der Waals surface area contributed by atoms with E-state index in [2.05, 4.69) is 5.32 Å². The molecule has 2 amide bonds. The number of hydrogen-bond donors (Lipinski definition) is 1. The Labute approximate surface area is 155 Å². The molecule has 1 saturated heterocycles. The number of hydrogen-bond acceptors (Lipinski definition) is 6. The molecule has 0 aromatic heterocycles. The van der Waals surface area contributed by atoms with Gasteiger partial charge in [-0.1, -0.05) is 0 Å². The van der Waals surface area contributed by atoms with Crippen molar-refractivity contribution in [2.24, 2.45) is 5.92 Å². The maximum absolute atomic E-state index is 12.3. The molecule has 0 radical (unpaired) electrons. The first-order valence-electron chi connectivity index (χ1n) is 8.87. The van der Waals surface area contributed by atoms with Crippen molar-refractivity contribution in [2.45, 2.75) is 71.6 Å². The van der Waals surface area contributed by atoms with Gasteiger partial charge in [0.1, 0.15) is 11.2 Å². The van der Waals surface area contributed by atoms with E-state index >= 15 is 0 Å². The Kier molecular flexibility index (Phi) is 7.29. The Morgan fingerprint density at radius 3 is 1.96 bits per heavy atom. The predicted molar refractivity (Wildman–Crippen MR) is 95.7 cm³/mol. The van der Waals surface area contributed by atoms with Crippen molar-refractivity contribution >= 4 is 18.2 Å². The van der Waals surface area contributed by atoms with Gasteiger partial charge in [0.15, 0.2) is 0 Å². The van der Waals surface area contributed by atoms with Gasteiger partial charge >= 0.3 is 18.2 Å². The molecule has 1 heterocycles. The number of likely N-dealkylation sites (tertiary alicyclic amines) is 1. The zero-order valence-corrected chi connectivity index (χ0v) is 16.9. The van der Waals surface area contributed by atoms with Crippen LogP contribution in [0.4, 0.5) is 9.59 Å². The maximum atomic E-state index is 12.3. The number of amides is 2. The summed E-state index contributed by atoms with van der Waals surface area (Å²) < 4.78 is 15.5. The van der Waals surface area contributed by atoms with Crippen molar-refractivity contribution in [3.8, 4) is 0 Å². The summed E-state index contributed by atoms with van der Waals surface area (Å²) in [7, 11) is 1.31. The lowest BCUT2D eigenvalue weighted by Crippen LogP contribution is -2.45. The first-order chi connectivity index (χ1) is 11.8. The van der Waals surface area contributed by atoms with Crippen molar-refractivity contribution in [1.29, 1.82) is 0 Å². The molecular weight excluding hydrogens is 340 g/mol. The van der Waals surface area contributed by atoms with Crippen LogP contribution in [0, 0.1) is 5.92 Å². The minimum atomic E-state index is -0.641. The van der Waals surface area contributed by atoms with E-state index in [0.717, 1.165) is 0 Å². The van der Waals surface area contributed by atoms with Crippen LogP contribution in [0.3, 0.4) is 0 Å². The number of methoxy groups -OCH3 is 1. The summed E-state index contributed by atoms with van der Waals surface area (Å²) in [6.45, 7) is 11.4. The molecule has 1 rings (SSSR count). The Bertz CT molecular complexity index is 521. The number of rotatable bonds is 2. The molecule has 1 aliphatic rings. The average Bonchev–Trinajstić information content (AvgIpc) is 2.65. The molecule has 8 nitrogen and oxygen atoms in total. The first kappa shape index (κ1) is 22.1. The van der Waals surface area contributed by atoms with Crippen molar-refractivity contribution < 1.29 is 28.6 Å². The van der Waals surface area contributed by atoms with Crippen molar-refractivity contribution in [1.82, 2.24) is 10.2 Å². The van der Waals surface area contributed by atoms with Gasteiger partial charge in [-0.15, -0.1) is 0 Å². The first-order valence-corrected chi connectivity index (χ1v) is 8.87. The van der Waals surface area contributed by atoms with Crippen LogP contribution in [-0.2, 0) is 19.0 Å². The lowest BCUT2D eigenvalue weighted by atomic mass is 9.95. The number of ether oxygens (including phenoxy) is 3. The molecule has 8 heteroatoms. The van der Waals surface area contributed by atoms with Crippen LogP contribution in [0.5, 0.6) is 0 Å². The fraction of sp³-hybridized carbons (Fsp3) is 0.833. The summed E-state index contributed by atoms with van der Waals surface area (Å²) >= 11 is 0. The summed E-state index contributed by atoms with van der Waals surface area (Å²) in [4.78, 5) is 38.1. The topological polar surface area (TPSA) is 94.2 Å². The van der Waals surface area contributed by atoms with Gasteiger partial charge in [-0.2, -0.15) is 0 Å². The van der Waals surface area contributed by atoms with Crippen molar-refractivity contribution in [3.63, 3.8) is 0 Å². The van der Waals surface area contributed by atoms with Crippen LogP contribution >= 0.6 is 0 Å². The molecule has 26 heavy (non-hydrogen) atoms. The third-order valence-corrected chi connectivity index (χ3v) is 3.76. The van der Waals surface area contributed by atoms with Gasteiger partial charge in [-0.05, 0) is 54.4 Å². The Morgan fingerprint density at radius 2 is 1.46 bits per heavy atom. The summed E-state index contributed by atoms with van der Waals surface area (Å²) in [6.07, 6.45) is -0.258. The monoisotopic (exact) mass is 372 g/mol. The van der Waals surface area contributed by atoms with Gasteiger partial charge in [-0.25, -0.2) is 9.59 Å². The number of alkyl carbamates (subject to hydrolysis) is 1. The van der Waals surface area contributed by atoms with Crippen LogP contribution in [0.2, 0.25) is 0 Å². The van der Waals surface area contributed by atoms with E-state index in [0.29, 0.717) is 25.9 Å². The second kappa shape index (κ2) is 8.60. The van der Waals surface area contributed by atoms with E-state index in [1.54, 1.807) is 46.4 Å². The second-order valence-electron chi connectivity index (χ2n) is 8.43. The number of carbonyl (C=O) groups is 3. The van der Waals surface area contributed by atoms with Crippen LogP contribution in [-0.4, -0.2) is 60.5 Å². The molecule has 0 aromatic rings. The summed E-state index contributed by atoms with van der Waals surface area (Å²) in [5.41, 5.74) is -1.24. The van der Waals surface area contributed by atoms with Crippen LogP contribution in [0.15, 0.2) is 0 Å². The van der Waals surface area contributed by atoms with Gasteiger partial charge in [0.25, 0.3) is 0 Å². The standard InChI is InChI=1S/C18H32N2O6/c1-17(2,3)25-15(22)19-13-9-11-20(16(23)26-18(4,5)6)10-8-12(13)14(21)24-7/h12-13H,8-11H2,1-7H3,(H,19,22)/t12-,13+/m0/s1. The normalized spacial score (nSPS) is 21.4. The summed E-state index contributed by atoms with van der Waals surface area (Å²) in [5, 5.41) is 2.75. The smallest absolute Gasteiger partial charge is 0.410 e. The fourth-order valence-electron chi connectivity index (χ4n) is 2.68. The maximum Gasteiger partial charge on any atom is 0.410 e. The molecule has 2 atom stereocenters. The van der Waals surface area contributed by atoms with E-state index in [1.807, 2.05) is 0 Å². The number of nitrogens with zero attached hydrogens (tertiary/aromatic N) is 1. The molecule has 150 valence electrons. The zero-order valence-electron chi connectivity index (χ0n) is 16.9. The molecule has 0 unspecified atom stereocenters. The summed E-state index contributed by atoms with van der Waals surface area (Å²) in [5.74, 6) is -0.975. The van der Waals surface area contributed by atoms with Crippen LogP contribution in [0.25, 0.3) is 0 Å². The van der Waals surface area contributed by atoms with Gasteiger partial charge in [-0.3, -0.25) is 4.79 Å². The third-order valence-electron chi connectivity index (χ3n) is 3.76. The molecule has 0 aromatic carbocycles. The lowest BCUT2D eigenvalue weighted by molar-refractivity contribution is -0.146. The third kappa shape index (κ3) is 7.49. The Morgan fingerprint density at radius 1 is 0.923 bits per heavy atom. The SMILES string of the molecule is COC(=O)[C@H]1CCN(C(=O)OC(C)(C)C)CC[C@H]1NC(=O)OC(C)(C)C. The largest absolute Gasteiger partial charge is 0.469 e. The highest BCUT2D eigenvalue weighted by atomic mass is 16.6. The molecule has 1 aliphatic heterocycles. The predicted octanol–water partition coefficient (Wildman–Crippen LogP) is 2.70. The minimum Gasteiger partial charge on any atom is -0.469 e. The second-order valence-corrected chi connectivity index (χ2v) is 8.43. The van der Waals surface area contributed by atoms with Gasteiger partial charge in [0.2, 0.25) is 0 Å². The minimum absolute atomic E-state index is 0.348. The summed E-state index contributed by atoms with van der Waals surface area (Å²) in [6, 6.07) is -0.482. The van der Waals surface area contributed by atoms with E-state index in [4.69, 9.17) is 14.2 Å². The number of carbonyl (C=O) groups excluding carboxylic acids is 3. The molecule has 0 saturated carbocycles. The molecular formula is C18H32N2O6.